The van der Waals surface area contributed by atoms with Crippen LogP contribution < -0.4 is 5.32 Å². The second-order valence-electron chi connectivity index (χ2n) is 7.71. The van der Waals surface area contributed by atoms with Crippen molar-refractivity contribution in [1.82, 2.24) is 14.1 Å². The average molecular weight is 477 g/mol. The highest BCUT2D eigenvalue weighted by Crippen LogP contribution is 2.26. The summed E-state index contributed by atoms with van der Waals surface area (Å²) >= 11 is 6.09. The van der Waals surface area contributed by atoms with Crippen molar-refractivity contribution in [3.8, 4) is 5.69 Å². The Hall–Kier alpha value is -2.75. The molecular formula is C22H22ClFN4O3S. The summed E-state index contributed by atoms with van der Waals surface area (Å²) in [6.45, 7) is 2.17. The summed E-state index contributed by atoms with van der Waals surface area (Å²) in [5.74, 6) is -0.839. The van der Waals surface area contributed by atoms with Gasteiger partial charge in [0, 0.05) is 24.2 Å². The number of hydrogen-bond donors (Lipinski definition) is 1. The zero-order chi connectivity index (χ0) is 22.9. The summed E-state index contributed by atoms with van der Waals surface area (Å²) in [5.41, 5.74) is 1.41. The SMILES string of the molecule is Cc1cc(NC(=O)C2CCCN(S(=O)(=O)c3ccc(F)cc3)C2)n(-c2cccc(Cl)c2)n1. The summed E-state index contributed by atoms with van der Waals surface area (Å²) < 4.78 is 42.0. The Bertz CT molecular complexity index is 1240. The number of hydrogen-bond acceptors (Lipinski definition) is 4. The van der Waals surface area contributed by atoms with Crippen molar-refractivity contribution in [2.45, 2.75) is 24.7 Å². The van der Waals surface area contributed by atoms with Gasteiger partial charge >= 0.3 is 0 Å². The number of rotatable bonds is 5. The highest BCUT2D eigenvalue weighted by atomic mass is 35.5. The summed E-state index contributed by atoms with van der Waals surface area (Å²) in [6.07, 6.45) is 1.11. The molecule has 1 aromatic heterocycles. The van der Waals surface area contributed by atoms with Gasteiger partial charge in [-0.2, -0.15) is 9.40 Å². The first kappa shape index (κ1) is 22.4. The number of halogens is 2. The Labute approximate surface area is 190 Å². The molecular weight excluding hydrogens is 455 g/mol. The number of nitrogens with one attached hydrogen (secondary N) is 1. The zero-order valence-electron chi connectivity index (χ0n) is 17.3. The van der Waals surface area contributed by atoms with E-state index in [-0.39, 0.29) is 17.3 Å². The smallest absolute Gasteiger partial charge is 0.243 e. The third kappa shape index (κ3) is 4.69. The lowest BCUT2D eigenvalue weighted by Crippen LogP contribution is -2.43. The van der Waals surface area contributed by atoms with Crippen LogP contribution in [0.2, 0.25) is 5.02 Å². The first-order valence-corrected chi connectivity index (χ1v) is 11.9. The number of aromatic nitrogens is 2. The lowest BCUT2D eigenvalue weighted by molar-refractivity contribution is -0.120. The normalized spacial score (nSPS) is 17.3. The molecule has 0 radical (unpaired) electrons. The Balaban J connectivity index is 1.52. The molecule has 4 rings (SSSR count). The monoisotopic (exact) mass is 476 g/mol. The predicted octanol–water partition coefficient (Wildman–Crippen LogP) is 4.01. The number of nitrogens with zero attached hydrogens (tertiary/aromatic N) is 3. The van der Waals surface area contributed by atoms with E-state index < -0.39 is 21.8 Å². The Morgan fingerprint density at radius 3 is 2.66 bits per heavy atom. The minimum atomic E-state index is -3.82. The molecule has 7 nitrogen and oxygen atoms in total. The maximum Gasteiger partial charge on any atom is 0.243 e. The average Bonchev–Trinajstić information content (AvgIpc) is 3.14. The number of anilines is 1. The van der Waals surface area contributed by atoms with Crippen LogP contribution in [0, 0.1) is 18.7 Å². The van der Waals surface area contributed by atoms with E-state index in [0.29, 0.717) is 41.6 Å². The molecule has 1 amide bonds. The van der Waals surface area contributed by atoms with Crippen molar-refractivity contribution in [2.24, 2.45) is 5.92 Å². The molecule has 168 valence electrons. The van der Waals surface area contributed by atoms with E-state index in [2.05, 4.69) is 10.4 Å². The first-order valence-electron chi connectivity index (χ1n) is 10.1. The molecule has 32 heavy (non-hydrogen) atoms. The third-order valence-electron chi connectivity index (χ3n) is 5.34. The fraction of sp³-hybridized carbons (Fsp3) is 0.273. The largest absolute Gasteiger partial charge is 0.310 e. The Morgan fingerprint density at radius 2 is 1.94 bits per heavy atom. The van der Waals surface area contributed by atoms with E-state index in [1.54, 1.807) is 28.9 Å². The van der Waals surface area contributed by atoms with Gasteiger partial charge in [-0.1, -0.05) is 17.7 Å². The number of benzene rings is 2. The minimum absolute atomic E-state index is 0.00890. The van der Waals surface area contributed by atoms with Crippen molar-refractivity contribution < 1.29 is 17.6 Å². The van der Waals surface area contributed by atoms with E-state index in [1.165, 1.54) is 16.4 Å². The maximum atomic E-state index is 13.2. The van der Waals surface area contributed by atoms with Gasteiger partial charge < -0.3 is 5.32 Å². The lowest BCUT2D eigenvalue weighted by Gasteiger charge is -2.31. The lowest BCUT2D eigenvalue weighted by atomic mass is 9.99. The zero-order valence-corrected chi connectivity index (χ0v) is 18.9. The molecule has 1 saturated heterocycles. The maximum absolute atomic E-state index is 13.2. The van der Waals surface area contributed by atoms with Crippen LogP contribution in [0.15, 0.2) is 59.5 Å². The van der Waals surface area contributed by atoms with Gasteiger partial charge in [0.1, 0.15) is 11.6 Å². The molecule has 1 N–H and O–H groups in total. The van der Waals surface area contributed by atoms with Crippen LogP contribution in [0.4, 0.5) is 10.2 Å². The quantitative estimate of drug-likeness (QED) is 0.603. The second-order valence-corrected chi connectivity index (χ2v) is 10.1. The highest BCUT2D eigenvalue weighted by molar-refractivity contribution is 7.89. The van der Waals surface area contributed by atoms with Gasteiger partial charge in [-0.25, -0.2) is 17.5 Å². The van der Waals surface area contributed by atoms with Crippen molar-refractivity contribution >= 4 is 33.3 Å². The van der Waals surface area contributed by atoms with Crippen LogP contribution in [0.3, 0.4) is 0 Å². The number of carbonyl (C=O) groups excluding carboxylic acids is 1. The van der Waals surface area contributed by atoms with Gasteiger partial charge in [0.15, 0.2) is 0 Å². The van der Waals surface area contributed by atoms with Crippen LogP contribution in [0.5, 0.6) is 0 Å². The predicted molar refractivity (Wildman–Crippen MR) is 120 cm³/mol. The van der Waals surface area contributed by atoms with E-state index in [1.807, 2.05) is 13.0 Å². The topological polar surface area (TPSA) is 84.3 Å². The van der Waals surface area contributed by atoms with Crippen LogP contribution >= 0.6 is 11.6 Å². The van der Waals surface area contributed by atoms with E-state index in [0.717, 1.165) is 12.1 Å². The van der Waals surface area contributed by atoms with E-state index in [4.69, 9.17) is 11.6 Å². The summed E-state index contributed by atoms with van der Waals surface area (Å²) in [5, 5.41) is 7.86. The molecule has 3 aromatic rings. The first-order chi connectivity index (χ1) is 15.2. The summed E-state index contributed by atoms with van der Waals surface area (Å²) in [7, 11) is -3.82. The van der Waals surface area contributed by atoms with Crippen LogP contribution in [0.1, 0.15) is 18.5 Å². The fourth-order valence-corrected chi connectivity index (χ4v) is 5.46. The number of piperidine rings is 1. The highest BCUT2D eigenvalue weighted by Gasteiger charge is 2.33. The van der Waals surface area contributed by atoms with Gasteiger partial charge in [0.05, 0.1) is 22.2 Å². The van der Waals surface area contributed by atoms with Gasteiger partial charge in [-0.15, -0.1) is 0 Å². The standard InChI is InChI=1S/C22H22ClFN4O3S/c1-15-12-21(28(26-15)19-6-2-5-17(23)13-19)25-22(29)16-4-3-11-27(14-16)32(30,31)20-9-7-18(24)8-10-20/h2,5-10,12-13,16H,3-4,11,14H2,1H3,(H,25,29). The van der Waals surface area contributed by atoms with Gasteiger partial charge in [0.2, 0.25) is 15.9 Å². The number of sulfonamides is 1. The molecule has 2 aromatic carbocycles. The van der Waals surface area contributed by atoms with Crippen LogP contribution in [0.25, 0.3) is 5.69 Å². The fourth-order valence-electron chi connectivity index (χ4n) is 3.75. The van der Waals surface area contributed by atoms with Gasteiger partial charge in [-0.3, -0.25) is 4.79 Å². The Kier molecular flexibility index (Phi) is 6.32. The summed E-state index contributed by atoms with van der Waals surface area (Å²) in [6, 6.07) is 13.5. The van der Waals surface area contributed by atoms with Crippen LogP contribution in [-0.2, 0) is 14.8 Å². The molecule has 0 aliphatic carbocycles. The molecule has 1 atom stereocenters. The van der Waals surface area contributed by atoms with E-state index in [9.17, 15) is 17.6 Å². The van der Waals surface area contributed by atoms with E-state index >= 15 is 0 Å². The summed E-state index contributed by atoms with van der Waals surface area (Å²) in [4.78, 5) is 13.0. The van der Waals surface area contributed by atoms with Gasteiger partial charge in [0.25, 0.3) is 0 Å². The van der Waals surface area contributed by atoms with Crippen molar-refractivity contribution in [3.63, 3.8) is 0 Å². The molecule has 0 bridgehead atoms. The molecule has 1 aliphatic heterocycles. The molecule has 1 aliphatic rings. The molecule has 10 heteroatoms. The molecule has 0 saturated carbocycles. The number of aryl methyl sites for hydroxylation is 1. The van der Waals surface area contributed by atoms with Gasteiger partial charge in [-0.05, 0) is 62.2 Å². The minimum Gasteiger partial charge on any atom is -0.310 e. The molecule has 1 unspecified atom stereocenters. The molecule has 1 fully saturated rings. The number of amides is 1. The van der Waals surface area contributed by atoms with Crippen LogP contribution in [-0.4, -0.2) is 41.5 Å². The second kappa shape index (κ2) is 9.01. The van der Waals surface area contributed by atoms with Crippen molar-refractivity contribution in [3.05, 3.63) is 71.1 Å². The Morgan fingerprint density at radius 1 is 1.19 bits per heavy atom. The molecule has 0 spiro atoms. The number of carbonyl (C=O) groups is 1. The van der Waals surface area contributed by atoms with Crippen molar-refractivity contribution in [2.75, 3.05) is 18.4 Å². The third-order valence-corrected chi connectivity index (χ3v) is 7.46. The van der Waals surface area contributed by atoms with Crippen molar-refractivity contribution in [1.29, 1.82) is 0 Å². The molecule has 2 heterocycles.